The summed E-state index contributed by atoms with van der Waals surface area (Å²) in [5.74, 6) is 0. The summed E-state index contributed by atoms with van der Waals surface area (Å²) in [6.07, 6.45) is 4.25. The molecule has 0 saturated carbocycles. The first-order valence-corrected chi connectivity index (χ1v) is 28.0. The van der Waals surface area contributed by atoms with Crippen molar-refractivity contribution in [2.45, 2.75) is 53.1 Å². The molecule has 3 nitrogen and oxygen atoms in total. The summed E-state index contributed by atoms with van der Waals surface area (Å²) in [7, 11) is -2.80. The summed E-state index contributed by atoms with van der Waals surface area (Å²) >= 11 is 0. The lowest BCUT2D eigenvalue weighted by Gasteiger charge is -2.27. The fraction of sp³-hybridized carbons (Fsp3) is 0.145. The maximum absolute atomic E-state index is 5.02. The summed E-state index contributed by atoms with van der Waals surface area (Å²) in [4.78, 5) is 9.72. The highest BCUT2D eigenvalue weighted by Crippen LogP contribution is 2.37. The molecule has 8 rings (SSSR count). The largest absolute Gasteiger partial charge is 0.310 e. The molecule has 0 aliphatic carbocycles. The molecule has 0 unspecified atom stereocenters. The lowest BCUT2D eigenvalue weighted by molar-refractivity contribution is 1.27. The molecule has 1 aromatic heterocycles. The number of pyridine rings is 1. The SMILES string of the molecule is Cc1cccc(N(c2ccc(/C=C/c3ccc4cc(-c5ccc(N(c6ccc([Si](C)(C)C)cc6)c6cccc(C)c6)cc5)ccc4n3)cc2)c2ccc([Si](C)(C)C)cc2)c1. The number of hydrogen-bond donors (Lipinski definition) is 0. The second kappa shape index (κ2) is 16.8. The minimum absolute atomic E-state index is 0.932. The molecule has 0 spiro atoms. The Kier molecular flexibility index (Phi) is 11.3. The van der Waals surface area contributed by atoms with Crippen LogP contribution in [0.3, 0.4) is 0 Å². The van der Waals surface area contributed by atoms with Gasteiger partial charge in [0.25, 0.3) is 0 Å². The number of anilines is 6. The van der Waals surface area contributed by atoms with Gasteiger partial charge in [-0.25, -0.2) is 4.98 Å². The van der Waals surface area contributed by atoms with Gasteiger partial charge in [0.15, 0.2) is 0 Å². The Balaban J connectivity index is 1.00. The standard InChI is InChI=1S/C55H55N3Si2/c1-40-11-9-13-51(37-40)57(49-28-32-53(33-29-49)59(3,4)5)47-24-16-42(17-25-47)15-22-46-23-18-45-39-44(21-36-55(45)56-46)43-19-26-48(27-20-43)58(52-14-10-12-41(2)38-52)50-30-34-54(35-31-50)60(6,7)8/h9-39H,1-8H3/b22-15+. The second-order valence-electron chi connectivity index (χ2n) is 18.1. The lowest BCUT2D eigenvalue weighted by atomic mass is 10.0. The van der Waals surface area contributed by atoms with E-state index in [1.165, 1.54) is 32.6 Å². The van der Waals surface area contributed by atoms with E-state index in [0.29, 0.717) is 0 Å². The zero-order chi connectivity index (χ0) is 42.0. The number of benzene rings is 7. The fourth-order valence-electron chi connectivity index (χ4n) is 7.78. The van der Waals surface area contributed by atoms with Crippen molar-refractivity contribution in [2.24, 2.45) is 0 Å². The Morgan fingerprint density at radius 2 is 0.850 bits per heavy atom. The molecule has 0 atom stereocenters. The molecule has 8 aromatic rings. The van der Waals surface area contributed by atoms with Gasteiger partial charge in [0.2, 0.25) is 0 Å². The molecule has 0 fully saturated rings. The molecule has 0 bridgehead atoms. The minimum atomic E-state index is -1.40. The molecule has 0 N–H and O–H groups in total. The van der Waals surface area contributed by atoms with E-state index >= 15 is 0 Å². The van der Waals surface area contributed by atoms with Gasteiger partial charge in [-0.2, -0.15) is 0 Å². The van der Waals surface area contributed by atoms with Crippen LogP contribution >= 0.6 is 0 Å². The van der Waals surface area contributed by atoms with Gasteiger partial charge in [-0.05, 0) is 139 Å². The number of nitrogens with zero attached hydrogens (tertiary/aromatic N) is 3. The maximum Gasteiger partial charge on any atom is 0.0775 e. The fourth-order valence-corrected chi connectivity index (χ4v) is 10.1. The van der Waals surface area contributed by atoms with Gasteiger partial charge in [0.1, 0.15) is 0 Å². The summed E-state index contributed by atoms with van der Waals surface area (Å²) in [6, 6.07) is 64.4. The highest BCUT2D eigenvalue weighted by atomic mass is 28.3. The van der Waals surface area contributed by atoms with E-state index in [1.807, 2.05) is 0 Å². The van der Waals surface area contributed by atoms with Crippen molar-refractivity contribution in [1.29, 1.82) is 0 Å². The highest BCUT2D eigenvalue weighted by molar-refractivity contribution is 6.89. The first-order chi connectivity index (χ1) is 28.8. The normalized spacial score (nSPS) is 11.9. The van der Waals surface area contributed by atoms with E-state index < -0.39 is 16.1 Å². The van der Waals surface area contributed by atoms with Gasteiger partial charge in [-0.3, -0.25) is 0 Å². The number of aryl methyl sites for hydroxylation is 2. The van der Waals surface area contributed by atoms with E-state index in [4.69, 9.17) is 4.98 Å². The average molecular weight is 814 g/mol. The first-order valence-electron chi connectivity index (χ1n) is 21.0. The van der Waals surface area contributed by atoms with Crippen molar-refractivity contribution in [3.63, 3.8) is 0 Å². The van der Waals surface area contributed by atoms with Gasteiger partial charge in [-0.1, -0.05) is 141 Å². The molecule has 0 amide bonds. The smallest absolute Gasteiger partial charge is 0.0775 e. The molecule has 7 aromatic carbocycles. The molecule has 5 heteroatoms. The Labute approximate surface area is 359 Å². The number of rotatable bonds is 11. The van der Waals surface area contributed by atoms with Gasteiger partial charge in [-0.15, -0.1) is 0 Å². The van der Waals surface area contributed by atoms with Crippen molar-refractivity contribution in [3.8, 4) is 11.1 Å². The molecule has 0 aliphatic rings. The van der Waals surface area contributed by atoms with Crippen molar-refractivity contribution < 1.29 is 0 Å². The average Bonchev–Trinajstić information content (AvgIpc) is 3.23. The predicted octanol–water partition coefficient (Wildman–Crippen LogP) is 14.7. The van der Waals surface area contributed by atoms with Crippen LogP contribution in [0.15, 0.2) is 176 Å². The third-order valence-corrected chi connectivity index (χ3v) is 15.4. The third-order valence-electron chi connectivity index (χ3n) is 11.3. The zero-order valence-corrected chi connectivity index (χ0v) is 38.2. The van der Waals surface area contributed by atoms with Crippen LogP contribution in [0.1, 0.15) is 22.4 Å². The van der Waals surface area contributed by atoms with Crippen molar-refractivity contribution in [1.82, 2.24) is 4.98 Å². The van der Waals surface area contributed by atoms with E-state index in [9.17, 15) is 0 Å². The van der Waals surface area contributed by atoms with E-state index in [1.54, 1.807) is 0 Å². The van der Waals surface area contributed by atoms with Crippen LogP contribution in [0, 0.1) is 13.8 Å². The van der Waals surface area contributed by atoms with E-state index in [0.717, 1.165) is 56.3 Å². The van der Waals surface area contributed by atoms with Crippen LogP contribution < -0.4 is 20.2 Å². The molecule has 0 radical (unpaired) electrons. The monoisotopic (exact) mass is 813 g/mol. The first kappa shape index (κ1) is 40.5. The van der Waals surface area contributed by atoms with Gasteiger partial charge >= 0.3 is 0 Å². The quantitative estimate of drug-likeness (QED) is 0.121. The predicted molar refractivity (Wildman–Crippen MR) is 267 cm³/mol. The van der Waals surface area contributed by atoms with Gasteiger partial charge in [0, 0.05) is 39.5 Å². The second-order valence-corrected chi connectivity index (χ2v) is 28.2. The van der Waals surface area contributed by atoms with Crippen molar-refractivity contribution in [3.05, 3.63) is 198 Å². The number of fused-ring (bicyclic) bond motifs is 1. The van der Waals surface area contributed by atoms with Crippen molar-refractivity contribution >= 4 is 83.7 Å². The van der Waals surface area contributed by atoms with Crippen LogP contribution in [-0.2, 0) is 0 Å². The van der Waals surface area contributed by atoms with Crippen LogP contribution in [0.2, 0.25) is 39.3 Å². The number of aromatic nitrogens is 1. The van der Waals surface area contributed by atoms with Gasteiger partial charge in [0.05, 0.1) is 27.4 Å². The molecule has 60 heavy (non-hydrogen) atoms. The van der Waals surface area contributed by atoms with Crippen LogP contribution in [0.5, 0.6) is 0 Å². The Morgan fingerprint density at radius 3 is 1.32 bits per heavy atom. The number of hydrogen-bond acceptors (Lipinski definition) is 3. The lowest BCUT2D eigenvalue weighted by Crippen LogP contribution is -2.37. The van der Waals surface area contributed by atoms with E-state index in [-0.39, 0.29) is 0 Å². The van der Waals surface area contributed by atoms with E-state index in [2.05, 4.69) is 251 Å². The van der Waals surface area contributed by atoms with Crippen LogP contribution in [0.4, 0.5) is 34.1 Å². The Hall–Kier alpha value is -6.28. The van der Waals surface area contributed by atoms with Crippen LogP contribution in [0.25, 0.3) is 34.2 Å². The molecular weight excluding hydrogens is 759 g/mol. The maximum atomic E-state index is 5.02. The summed E-state index contributed by atoms with van der Waals surface area (Å²) < 4.78 is 0. The minimum Gasteiger partial charge on any atom is -0.310 e. The molecule has 0 saturated heterocycles. The summed E-state index contributed by atoms with van der Waals surface area (Å²) in [6.45, 7) is 18.7. The summed E-state index contributed by atoms with van der Waals surface area (Å²) in [5.41, 5.74) is 14.8. The third kappa shape index (κ3) is 9.13. The molecule has 0 aliphatic heterocycles. The van der Waals surface area contributed by atoms with Gasteiger partial charge < -0.3 is 9.80 Å². The van der Waals surface area contributed by atoms with Crippen molar-refractivity contribution in [2.75, 3.05) is 9.80 Å². The zero-order valence-electron chi connectivity index (χ0n) is 36.2. The molecule has 298 valence electrons. The molecule has 1 heterocycles. The highest BCUT2D eigenvalue weighted by Gasteiger charge is 2.20. The Bertz CT molecular complexity index is 2780. The molecular formula is C55H55N3Si2. The Morgan fingerprint density at radius 1 is 0.400 bits per heavy atom. The summed E-state index contributed by atoms with van der Waals surface area (Å²) in [5, 5.41) is 4.05. The topological polar surface area (TPSA) is 19.4 Å². The van der Waals surface area contributed by atoms with Crippen LogP contribution in [-0.4, -0.2) is 21.1 Å².